The van der Waals surface area contributed by atoms with Crippen molar-refractivity contribution < 1.29 is 26.8 Å². The summed E-state index contributed by atoms with van der Waals surface area (Å²) in [6, 6.07) is 12.2. The third kappa shape index (κ3) is 4.71. The molecule has 0 atom stereocenters. The second-order valence-electron chi connectivity index (χ2n) is 7.85. The van der Waals surface area contributed by atoms with E-state index in [1.165, 1.54) is 41.9 Å². The Bertz CT molecular complexity index is 1500. The molecule has 35 heavy (non-hydrogen) atoms. The van der Waals surface area contributed by atoms with Crippen LogP contribution in [0.5, 0.6) is 0 Å². The highest BCUT2D eigenvalue weighted by atomic mass is 79.9. The maximum absolute atomic E-state index is 13.0. The first-order valence-corrected chi connectivity index (χ1v) is 13.8. The molecule has 1 aliphatic rings. The lowest BCUT2D eigenvalue weighted by molar-refractivity contribution is 0.0948. The molecule has 0 aliphatic heterocycles. The van der Waals surface area contributed by atoms with Gasteiger partial charge in [-0.25, -0.2) is 8.42 Å². The standard InChI is InChI=1S/C24H19BrN2O6S2/c25-14-6-8-16(9-7-14)35(30,31)20-11-10-18(33-20)22(28)27-24-21(17-4-1-5-19(17)34-24)23(29)26-13-15-3-2-12-32-15/h2-3,6-12H,1,4-5,13H2,(H,26,29)(H,27,28). The molecule has 5 rings (SSSR count). The van der Waals surface area contributed by atoms with Gasteiger partial charge in [0.05, 0.1) is 23.3 Å². The summed E-state index contributed by atoms with van der Waals surface area (Å²) in [5.74, 6) is -0.501. The van der Waals surface area contributed by atoms with Gasteiger partial charge < -0.3 is 19.5 Å². The van der Waals surface area contributed by atoms with E-state index in [2.05, 4.69) is 26.6 Å². The molecule has 3 aromatic heterocycles. The van der Waals surface area contributed by atoms with Crippen molar-refractivity contribution >= 4 is 53.9 Å². The second kappa shape index (κ2) is 9.48. The van der Waals surface area contributed by atoms with E-state index in [1.807, 2.05) is 0 Å². The molecule has 1 aliphatic carbocycles. The average molecular weight is 575 g/mol. The number of sulfone groups is 1. The van der Waals surface area contributed by atoms with Crippen molar-refractivity contribution in [3.8, 4) is 0 Å². The Morgan fingerprint density at radius 3 is 2.57 bits per heavy atom. The smallest absolute Gasteiger partial charge is 0.292 e. The Kier molecular flexibility index (Phi) is 6.39. The maximum Gasteiger partial charge on any atom is 0.292 e. The summed E-state index contributed by atoms with van der Waals surface area (Å²) in [6.45, 7) is 0.222. The lowest BCUT2D eigenvalue weighted by Crippen LogP contribution is -2.24. The van der Waals surface area contributed by atoms with Gasteiger partial charge in [0.1, 0.15) is 10.8 Å². The minimum Gasteiger partial charge on any atom is -0.467 e. The first-order chi connectivity index (χ1) is 16.8. The van der Waals surface area contributed by atoms with Crippen LogP contribution >= 0.6 is 27.3 Å². The largest absolute Gasteiger partial charge is 0.467 e. The highest BCUT2D eigenvalue weighted by Gasteiger charge is 2.29. The van der Waals surface area contributed by atoms with E-state index in [0.29, 0.717) is 16.3 Å². The minimum absolute atomic E-state index is 0.0483. The molecule has 1 aromatic carbocycles. The van der Waals surface area contributed by atoms with Crippen LogP contribution in [0.15, 0.2) is 78.1 Å². The van der Waals surface area contributed by atoms with Crippen LogP contribution in [0.1, 0.15) is 43.5 Å². The number of amides is 2. The molecule has 0 unspecified atom stereocenters. The average Bonchev–Trinajstić information content (AvgIpc) is 3.62. The molecule has 4 aromatic rings. The second-order valence-corrected chi connectivity index (χ2v) is 11.8. The summed E-state index contributed by atoms with van der Waals surface area (Å²) in [6.07, 6.45) is 4.07. The number of furan rings is 2. The molecular formula is C24H19BrN2O6S2. The van der Waals surface area contributed by atoms with Crippen molar-refractivity contribution in [3.63, 3.8) is 0 Å². The highest BCUT2D eigenvalue weighted by molar-refractivity contribution is 9.10. The molecule has 0 saturated heterocycles. The van der Waals surface area contributed by atoms with Gasteiger partial charge in [-0.1, -0.05) is 15.9 Å². The Morgan fingerprint density at radius 1 is 1.03 bits per heavy atom. The lowest BCUT2D eigenvalue weighted by atomic mass is 10.1. The number of carbonyl (C=O) groups is 2. The van der Waals surface area contributed by atoms with Crippen LogP contribution in [0, 0.1) is 0 Å². The number of aryl methyl sites for hydroxylation is 1. The van der Waals surface area contributed by atoms with Gasteiger partial charge in [-0.05, 0) is 73.4 Å². The summed E-state index contributed by atoms with van der Waals surface area (Å²) in [4.78, 5) is 27.1. The predicted molar refractivity (Wildman–Crippen MR) is 132 cm³/mol. The Balaban J connectivity index is 1.36. The monoisotopic (exact) mass is 574 g/mol. The Morgan fingerprint density at radius 2 is 1.83 bits per heavy atom. The molecule has 0 saturated carbocycles. The highest BCUT2D eigenvalue weighted by Crippen LogP contribution is 2.39. The zero-order valence-electron chi connectivity index (χ0n) is 18.2. The van der Waals surface area contributed by atoms with E-state index in [4.69, 9.17) is 8.83 Å². The van der Waals surface area contributed by atoms with Crippen molar-refractivity contribution in [1.29, 1.82) is 0 Å². The maximum atomic E-state index is 13.0. The molecule has 11 heteroatoms. The van der Waals surface area contributed by atoms with Crippen LogP contribution in [0.25, 0.3) is 0 Å². The number of thiophene rings is 1. The Labute approximate surface area is 213 Å². The minimum atomic E-state index is -3.93. The van der Waals surface area contributed by atoms with Gasteiger partial charge in [-0.2, -0.15) is 0 Å². The summed E-state index contributed by atoms with van der Waals surface area (Å²) in [5.41, 5.74) is 1.36. The topological polar surface area (TPSA) is 119 Å². The van der Waals surface area contributed by atoms with Crippen molar-refractivity contribution in [2.45, 2.75) is 35.8 Å². The van der Waals surface area contributed by atoms with Crippen molar-refractivity contribution in [3.05, 3.63) is 86.8 Å². The predicted octanol–water partition coefficient (Wildman–Crippen LogP) is 5.20. The SMILES string of the molecule is O=C(Nc1sc2c(c1C(=O)NCc1ccco1)CCC2)c1ccc(S(=O)(=O)c2ccc(Br)cc2)o1. The van der Waals surface area contributed by atoms with E-state index in [0.717, 1.165) is 34.2 Å². The molecule has 0 radical (unpaired) electrons. The van der Waals surface area contributed by atoms with Gasteiger partial charge in [-0.15, -0.1) is 11.3 Å². The number of nitrogens with one attached hydrogen (secondary N) is 2. The third-order valence-electron chi connectivity index (χ3n) is 5.57. The zero-order valence-corrected chi connectivity index (χ0v) is 21.4. The zero-order chi connectivity index (χ0) is 24.6. The number of fused-ring (bicyclic) bond motifs is 1. The summed E-state index contributed by atoms with van der Waals surface area (Å²) in [5, 5.41) is 5.65. The molecule has 8 nitrogen and oxygen atoms in total. The number of halogens is 1. The van der Waals surface area contributed by atoms with E-state index < -0.39 is 15.7 Å². The van der Waals surface area contributed by atoms with Gasteiger partial charge in [0.25, 0.3) is 11.8 Å². The number of anilines is 1. The van der Waals surface area contributed by atoms with Gasteiger partial charge in [0.15, 0.2) is 5.76 Å². The van der Waals surface area contributed by atoms with Crippen LogP contribution in [-0.4, -0.2) is 20.2 Å². The van der Waals surface area contributed by atoms with Gasteiger partial charge in [0.2, 0.25) is 14.9 Å². The molecule has 0 bridgehead atoms. The number of benzene rings is 1. The molecule has 180 valence electrons. The van der Waals surface area contributed by atoms with Gasteiger partial charge in [0, 0.05) is 9.35 Å². The number of rotatable bonds is 7. The number of hydrogen-bond acceptors (Lipinski definition) is 7. The summed E-state index contributed by atoms with van der Waals surface area (Å²) in [7, 11) is -3.93. The fraction of sp³-hybridized carbons (Fsp3) is 0.167. The van der Waals surface area contributed by atoms with E-state index >= 15 is 0 Å². The fourth-order valence-electron chi connectivity index (χ4n) is 3.88. The lowest BCUT2D eigenvalue weighted by Gasteiger charge is -2.08. The van der Waals surface area contributed by atoms with Gasteiger partial charge >= 0.3 is 0 Å². The number of carbonyl (C=O) groups excluding carboxylic acids is 2. The summed E-state index contributed by atoms with van der Waals surface area (Å²) < 4.78 is 37.1. The Hall–Kier alpha value is -3.15. The van der Waals surface area contributed by atoms with Crippen LogP contribution in [0.2, 0.25) is 0 Å². The molecule has 2 amide bonds. The normalized spacial score (nSPS) is 12.9. The van der Waals surface area contributed by atoms with E-state index in [1.54, 1.807) is 24.3 Å². The molecule has 2 N–H and O–H groups in total. The van der Waals surface area contributed by atoms with Crippen molar-refractivity contribution in [2.24, 2.45) is 0 Å². The van der Waals surface area contributed by atoms with E-state index in [9.17, 15) is 18.0 Å². The van der Waals surface area contributed by atoms with Gasteiger partial charge in [-0.3, -0.25) is 9.59 Å². The van der Waals surface area contributed by atoms with Crippen LogP contribution < -0.4 is 10.6 Å². The quantitative estimate of drug-likeness (QED) is 0.313. The molecular weight excluding hydrogens is 556 g/mol. The molecule has 0 spiro atoms. The van der Waals surface area contributed by atoms with Crippen molar-refractivity contribution in [1.82, 2.24) is 5.32 Å². The van der Waals surface area contributed by atoms with Crippen molar-refractivity contribution in [2.75, 3.05) is 5.32 Å². The van der Waals surface area contributed by atoms with Crippen LogP contribution in [0.4, 0.5) is 5.00 Å². The summed E-state index contributed by atoms with van der Waals surface area (Å²) >= 11 is 4.62. The number of hydrogen-bond donors (Lipinski definition) is 2. The van der Waals surface area contributed by atoms with E-state index in [-0.39, 0.29) is 28.2 Å². The third-order valence-corrected chi connectivity index (χ3v) is 8.95. The first-order valence-electron chi connectivity index (χ1n) is 10.7. The molecule has 0 fully saturated rings. The van der Waals surface area contributed by atoms with Crippen LogP contribution in [-0.2, 0) is 29.2 Å². The van der Waals surface area contributed by atoms with Crippen LogP contribution in [0.3, 0.4) is 0 Å². The molecule has 3 heterocycles. The fourth-order valence-corrected chi connectivity index (χ4v) is 6.60. The first kappa shape index (κ1) is 23.6.